The third kappa shape index (κ3) is 6.90. The number of hydrogen-bond acceptors (Lipinski definition) is 5. The summed E-state index contributed by atoms with van der Waals surface area (Å²) in [4.78, 5) is 15.1. The topological polar surface area (TPSA) is 47.9 Å². The molecule has 0 amide bonds. The van der Waals surface area contributed by atoms with E-state index in [4.69, 9.17) is 4.74 Å². The number of thioether (sulfide) groups is 1. The highest BCUT2D eigenvalue weighted by atomic mass is 32.2. The minimum Gasteiger partial charge on any atom is -0.479 e. The van der Waals surface area contributed by atoms with Crippen molar-refractivity contribution in [2.24, 2.45) is 10.9 Å². The fourth-order valence-corrected chi connectivity index (χ4v) is 2.21. The van der Waals surface area contributed by atoms with Gasteiger partial charge in [0.15, 0.2) is 5.90 Å². The molecular formula is C12H19NO3S. The largest absolute Gasteiger partial charge is 0.479 e. The molecule has 1 atom stereocenters. The normalized spacial score (nSPS) is 14.9. The van der Waals surface area contributed by atoms with Crippen LogP contribution in [0.25, 0.3) is 0 Å². The molecule has 17 heavy (non-hydrogen) atoms. The summed E-state index contributed by atoms with van der Waals surface area (Å²) in [5.41, 5.74) is 0. The van der Waals surface area contributed by atoms with Crippen LogP contribution >= 0.6 is 11.8 Å². The van der Waals surface area contributed by atoms with Crippen LogP contribution in [-0.2, 0) is 14.3 Å². The molecule has 4 nitrogen and oxygen atoms in total. The van der Waals surface area contributed by atoms with Gasteiger partial charge in [0.25, 0.3) is 0 Å². The van der Waals surface area contributed by atoms with Crippen LogP contribution in [-0.4, -0.2) is 43.6 Å². The van der Waals surface area contributed by atoms with E-state index in [1.54, 1.807) is 11.8 Å². The minimum atomic E-state index is -0.149. The second-order valence-electron chi connectivity index (χ2n) is 3.37. The van der Waals surface area contributed by atoms with Gasteiger partial charge in [0.05, 0.1) is 20.1 Å². The van der Waals surface area contributed by atoms with Crippen molar-refractivity contribution in [3.63, 3.8) is 0 Å². The van der Waals surface area contributed by atoms with Gasteiger partial charge in [-0.1, -0.05) is 6.92 Å². The standard InChI is InChI=1S/C10H17NO3S.C2H2/c1-8(10-11-4-5-14-10)7-15-6-3-9(12)13-2;1-2/h8H,3-7H2,1-2H3;1-2H. The zero-order chi connectivity index (χ0) is 13.1. The maximum Gasteiger partial charge on any atom is 0.306 e. The predicted molar refractivity (Wildman–Crippen MR) is 71.3 cm³/mol. The highest BCUT2D eigenvalue weighted by Crippen LogP contribution is 2.14. The molecule has 0 saturated heterocycles. The van der Waals surface area contributed by atoms with E-state index in [-0.39, 0.29) is 5.97 Å². The average Bonchev–Trinajstić information content (AvgIpc) is 2.90. The van der Waals surface area contributed by atoms with Crippen molar-refractivity contribution >= 4 is 23.6 Å². The first-order chi connectivity index (χ1) is 8.24. The molecule has 5 heteroatoms. The molecule has 96 valence electrons. The van der Waals surface area contributed by atoms with Gasteiger partial charge in [0.2, 0.25) is 0 Å². The Kier molecular flexibility index (Phi) is 9.35. The van der Waals surface area contributed by atoms with Crippen molar-refractivity contribution in [2.45, 2.75) is 13.3 Å². The number of methoxy groups -OCH3 is 1. The molecule has 0 saturated carbocycles. The summed E-state index contributed by atoms with van der Waals surface area (Å²) in [6.07, 6.45) is 8.47. The lowest BCUT2D eigenvalue weighted by atomic mass is 10.2. The van der Waals surface area contributed by atoms with Crippen LogP contribution in [0, 0.1) is 18.8 Å². The van der Waals surface area contributed by atoms with Crippen molar-refractivity contribution in [3.05, 3.63) is 0 Å². The quantitative estimate of drug-likeness (QED) is 0.412. The summed E-state index contributed by atoms with van der Waals surface area (Å²) in [5.74, 6) is 2.79. The van der Waals surface area contributed by atoms with Crippen LogP contribution in [0.1, 0.15) is 13.3 Å². The van der Waals surface area contributed by atoms with Crippen LogP contribution < -0.4 is 0 Å². The fourth-order valence-electron chi connectivity index (χ4n) is 1.24. The summed E-state index contributed by atoms with van der Waals surface area (Å²) in [6, 6.07) is 0. The van der Waals surface area contributed by atoms with Crippen molar-refractivity contribution in [1.29, 1.82) is 0 Å². The van der Waals surface area contributed by atoms with Gasteiger partial charge in [-0.3, -0.25) is 9.79 Å². The average molecular weight is 257 g/mol. The Labute approximate surface area is 107 Å². The van der Waals surface area contributed by atoms with E-state index in [0.29, 0.717) is 18.9 Å². The van der Waals surface area contributed by atoms with Crippen molar-refractivity contribution in [2.75, 3.05) is 31.8 Å². The van der Waals surface area contributed by atoms with Crippen LogP contribution in [0.3, 0.4) is 0 Å². The molecule has 0 radical (unpaired) electrons. The molecule has 0 fully saturated rings. The van der Waals surface area contributed by atoms with E-state index in [2.05, 4.69) is 29.5 Å². The summed E-state index contributed by atoms with van der Waals surface area (Å²) < 4.78 is 9.92. The van der Waals surface area contributed by atoms with Gasteiger partial charge in [-0.25, -0.2) is 0 Å². The molecule has 0 N–H and O–H groups in total. The molecule has 1 rings (SSSR count). The third-order valence-electron chi connectivity index (χ3n) is 2.08. The van der Waals surface area contributed by atoms with E-state index in [1.165, 1.54) is 7.11 Å². The fraction of sp³-hybridized carbons (Fsp3) is 0.667. The molecule has 0 spiro atoms. The van der Waals surface area contributed by atoms with Gasteiger partial charge in [0.1, 0.15) is 6.61 Å². The van der Waals surface area contributed by atoms with Gasteiger partial charge in [-0.2, -0.15) is 11.8 Å². The minimum absolute atomic E-state index is 0.149. The summed E-state index contributed by atoms with van der Waals surface area (Å²) >= 11 is 1.73. The highest BCUT2D eigenvalue weighted by Gasteiger charge is 2.15. The number of hydrogen-bond donors (Lipinski definition) is 0. The van der Waals surface area contributed by atoms with Crippen molar-refractivity contribution in [1.82, 2.24) is 0 Å². The summed E-state index contributed by atoms with van der Waals surface area (Å²) in [6.45, 7) is 3.59. The molecule has 1 aliphatic heterocycles. The first-order valence-corrected chi connectivity index (χ1v) is 6.54. The first-order valence-electron chi connectivity index (χ1n) is 5.39. The number of nitrogens with zero attached hydrogens (tertiary/aromatic N) is 1. The number of aliphatic imine (C=N–C) groups is 1. The Balaban J connectivity index is 0.00000121. The van der Waals surface area contributed by atoms with Crippen LogP contribution in [0.4, 0.5) is 0 Å². The molecule has 0 aromatic rings. The van der Waals surface area contributed by atoms with Gasteiger partial charge >= 0.3 is 5.97 Å². The van der Waals surface area contributed by atoms with E-state index in [9.17, 15) is 4.79 Å². The molecular weight excluding hydrogens is 238 g/mol. The number of terminal acetylenes is 1. The van der Waals surface area contributed by atoms with E-state index >= 15 is 0 Å². The number of rotatable bonds is 6. The van der Waals surface area contributed by atoms with Crippen molar-refractivity contribution in [3.8, 4) is 12.8 Å². The van der Waals surface area contributed by atoms with E-state index < -0.39 is 0 Å². The Bertz CT molecular complexity index is 276. The van der Waals surface area contributed by atoms with E-state index in [0.717, 1.165) is 23.9 Å². The zero-order valence-corrected chi connectivity index (χ0v) is 11.2. The Morgan fingerprint density at radius 3 is 2.88 bits per heavy atom. The molecule has 0 aromatic heterocycles. The molecule has 1 unspecified atom stereocenters. The lowest BCUT2D eigenvalue weighted by molar-refractivity contribution is -0.140. The maximum absolute atomic E-state index is 10.8. The SMILES string of the molecule is C#C.COC(=O)CCSCC(C)C1=NCCO1. The Morgan fingerprint density at radius 1 is 1.65 bits per heavy atom. The highest BCUT2D eigenvalue weighted by molar-refractivity contribution is 7.99. The predicted octanol–water partition coefficient (Wildman–Crippen LogP) is 1.60. The van der Waals surface area contributed by atoms with Gasteiger partial charge < -0.3 is 9.47 Å². The number of carbonyl (C=O) groups excluding carboxylic acids is 1. The molecule has 0 aliphatic carbocycles. The number of carbonyl (C=O) groups is 1. The van der Waals surface area contributed by atoms with Gasteiger partial charge in [0, 0.05) is 17.4 Å². The molecule has 0 bridgehead atoms. The zero-order valence-electron chi connectivity index (χ0n) is 10.3. The Morgan fingerprint density at radius 2 is 2.35 bits per heavy atom. The molecule has 0 aromatic carbocycles. The number of esters is 1. The lowest BCUT2D eigenvalue weighted by Crippen LogP contribution is -2.14. The van der Waals surface area contributed by atoms with Crippen molar-refractivity contribution < 1.29 is 14.3 Å². The smallest absolute Gasteiger partial charge is 0.306 e. The third-order valence-corrected chi connectivity index (χ3v) is 3.30. The van der Waals surface area contributed by atoms with E-state index in [1.807, 2.05) is 0 Å². The second kappa shape index (κ2) is 10.0. The Hall–Kier alpha value is -1.15. The molecule has 1 heterocycles. The van der Waals surface area contributed by atoms with Gasteiger partial charge in [-0.05, 0) is 0 Å². The van der Waals surface area contributed by atoms with Crippen LogP contribution in [0.5, 0.6) is 0 Å². The van der Waals surface area contributed by atoms with Crippen LogP contribution in [0.15, 0.2) is 4.99 Å². The summed E-state index contributed by atoms with van der Waals surface area (Å²) in [7, 11) is 1.41. The second-order valence-corrected chi connectivity index (χ2v) is 4.52. The lowest BCUT2D eigenvalue weighted by Gasteiger charge is -2.10. The summed E-state index contributed by atoms with van der Waals surface area (Å²) in [5, 5.41) is 0. The van der Waals surface area contributed by atoms with Gasteiger partial charge in [-0.15, -0.1) is 12.8 Å². The first kappa shape index (κ1) is 15.9. The maximum atomic E-state index is 10.8. The monoisotopic (exact) mass is 257 g/mol. The molecule has 1 aliphatic rings. The number of ether oxygens (including phenoxy) is 2. The van der Waals surface area contributed by atoms with Crippen LogP contribution in [0.2, 0.25) is 0 Å².